The van der Waals surface area contributed by atoms with Gasteiger partial charge in [0.25, 0.3) is 5.56 Å². The van der Waals surface area contributed by atoms with Crippen molar-refractivity contribution in [1.82, 2.24) is 19.0 Å². The van der Waals surface area contributed by atoms with E-state index in [2.05, 4.69) is 4.98 Å². The van der Waals surface area contributed by atoms with Crippen LogP contribution in [0, 0.1) is 5.82 Å². The van der Waals surface area contributed by atoms with E-state index in [9.17, 15) is 19.1 Å². The number of amides is 1. The van der Waals surface area contributed by atoms with Gasteiger partial charge in [0.2, 0.25) is 0 Å². The lowest BCUT2D eigenvalue weighted by Crippen LogP contribution is -2.35. The van der Waals surface area contributed by atoms with Crippen molar-refractivity contribution in [2.75, 3.05) is 6.54 Å². The Balaban J connectivity index is 1.42. The van der Waals surface area contributed by atoms with Gasteiger partial charge < -0.3 is 19.3 Å². The van der Waals surface area contributed by atoms with E-state index < -0.39 is 11.9 Å². The van der Waals surface area contributed by atoms with Gasteiger partial charge in [0.1, 0.15) is 18.2 Å². The van der Waals surface area contributed by atoms with Crippen molar-refractivity contribution in [3.05, 3.63) is 88.0 Å². The van der Waals surface area contributed by atoms with Gasteiger partial charge in [0.15, 0.2) is 0 Å². The van der Waals surface area contributed by atoms with E-state index in [1.807, 2.05) is 29.8 Å². The molecule has 8 nitrogen and oxygen atoms in total. The summed E-state index contributed by atoms with van der Waals surface area (Å²) < 4.78 is 22.1. The molecule has 1 aliphatic rings. The summed E-state index contributed by atoms with van der Waals surface area (Å²) in [7, 11) is 1.92. The van der Waals surface area contributed by atoms with Gasteiger partial charge in [-0.1, -0.05) is 6.07 Å². The fourth-order valence-electron chi connectivity index (χ4n) is 4.27. The van der Waals surface area contributed by atoms with Crippen molar-refractivity contribution in [2.24, 2.45) is 7.05 Å². The number of benzene rings is 1. The molecule has 5 rings (SSSR count). The fourth-order valence-corrected chi connectivity index (χ4v) is 4.27. The molecule has 0 aliphatic carbocycles. The van der Waals surface area contributed by atoms with Crippen LogP contribution < -0.4 is 10.3 Å². The van der Waals surface area contributed by atoms with Crippen molar-refractivity contribution < 1.29 is 19.0 Å². The molecule has 9 heteroatoms. The van der Waals surface area contributed by atoms with Crippen LogP contribution in [0.4, 0.5) is 9.18 Å². The number of aryl methyl sites for hydroxylation is 1. The minimum atomic E-state index is -0.921. The quantitative estimate of drug-likeness (QED) is 0.516. The second kappa shape index (κ2) is 8.09. The highest BCUT2D eigenvalue weighted by Gasteiger charge is 2.25. The third kappa shape index (κ3) is 3.82. The first-order chi connectivity index (χ1) is 15.9. The standard InChI is InChI=1S/C24H21FN4O4/c1-27-21-10-17(4-5-19(21)20-7-8-28(24(31)32)13-22(20)27)29-9-6-18(11-23(29)30)33-14-16-3-2-15(25)12-26-16/h2-6,9-12H,7-8,13-14H2,1H3,(H,31,32). The number of rotatable bonds is 4. The molecule has 1 aliphatic heterocycles. The van der Waals surface area contributed by atoms with E-state index in [-0.39, 0.29) is 12.2 Å². The van der Waals surface area contributed by atoms with Crippen LogP contribution in [0.2, 0.25) is 0 Å². The van der Waals surface area contributed by atoms with E-state index in [4.69, 9.17) is 4.74 Å². The molecule has 33 heavy (non-hydrogen) atoms. The van der Waals surface area contributed by atoms with Gasteiger partial charge in [-0.15, -0.1) is 0 Å². The Morgan fingerprint density at radius 1 is 1.21 bits per heavy atom. The van der Waals surface area contributed by atoms with Crippen molar-refractivity contribution in [2.45, 2.75) is 19.6 Å². The monoisotopic (exact) mass is 448 g/mol. The van der Waals surface area contributed by atoms with Crippen molar-refractivity contribution in [3.63, 3.8) is 0 Å². The maximum Gasteiger partial charge on any atom is 0.407 e. The van der Waals surface area contributed by atoms with Crippen LogP contribution in [0.15, 0.2) is 59.7 Å². The predicted molar refractivity (Wildman–Crippen MR) is 119 cm³/mol. The third-order valence-corrected chi connectivity index (χ3v) is 6.01. The number of halogens is 1. The molecule has 0 bridgehead atoms. The number of fused-ring (bicyclic) bond motifs is 3. The molecule has 0 radical (unpaired) electrons. The van der Waals surface area contributed by atoms with Crippen LogP contribution in [-0.4, -0.2) is 36.8 Å². The zero-order valence-electron chi connectivity index (χ0n) is 17.9. The fraction of sp³-hybridized carbons (Fsp3) is 0.208. The largest absolute Gasteiger partial charge is 0.487 e. The highest BCUT2D eigenvalue weighted by molar-refractivity contribution is 5.88. The van der Waals surface area contributed by atoms with E-state index >= 15 is 0 Å². The van der Waals surface area contributed by atoms with Crippen LogP contribution in [-0.2, 0) is 26.6 Å². The summed E-state index contributed by atoms with van der Waals surface area (Å²) in [4.78, 5) is 29.5. The van der Waals surface area contributed by atoms with Crippen LogP contribution in [0.1, 0.15) is 17.0 Å². The Hall–Kier alpha value is -4.14. The molecule has 0 unspecified atom stereocenters. The lowest BCUT2D eigenvalue weighted by Gasteiger charge is -2.25. The first-order valence-electron chi connectivity index (χ1n) is 10.4. The first kappa shape index (κ1) is 20.7. The molecule has 4 aromatic rings. The Labute approximate surface area is 188 Å². The highest BCUT2D eigenvalue weighted by Crippen LogP contribution is 2.31. The lowest BCUT2D eigenvalue weighted by molar-refractivity contribution is 0.139. The Morgan fingerprint density at radius 3 is 2.79 bits per heavy atom. The highest BCUT2D eigenvalue weighted by atomic mass is 19.1. The van der Waals surface area contributed by atoms with Crippen LogP contribution in [0.25, 0.3) is 16.6 Å². The van der Waals surface area contributed by atoms with Gasteiger partial charge >= 0.3 is 6.09 Å². The number of carboxylic acid groups (broad SMARTS) is 1. The van der Waals surface area contributed by atoms with Gasteiger partial charge in [-0.05, 0) is 42.3 Å². The van der Waals surface area contributed by atoms with Crippen molar-refractivity contribution >= 4 is 17.0 Å². The SMILES string of the molecule is Cn1c2c(c3ccc(-n4ccc(OCc5ccc(F)cn5)cc4=O)cc31)CCN(C(=O)O)C2. The molecule has 0 spiro atoms. The van der Waals surface area contributed by atoms with Crippen molar-refractivity contribution in [1.29, 1.82) is 0 Å². The average molecular weight is 448 g/mol. The minimum Gasteiger partial charge on any atom is -0.487 e. The average Bonchev–Trinajstić information content (AvgIpc) is 3.09. The maximum absolute atomic E-state index is 13.0. The summed E-state index contributed by atoms with van der Waals surface area (Å²) in [5, 5.41) is 10.4. The third-order valence-electron chi connectivity index (χ3n) is 6.01. The topological polar surface area (TPSA) is 89.6 Å². The minimum absolute atomic E-state index is 0.123. The van der Waals surface area contributed by atoms with E-state index in [1.54, 1.807) is 12.3 Å². The van der Waals surface area contributed by atoms with Gasteiger partial charge in [-0.3, -0.25) is 14.3 Å². The Kier molecular flexibility index (Phi) is 5.08. The van der Waals surface area contributed by atoms with Gasteiger partial charge in [-0.25, -0.2) is 9.18 Å². The molecule has 0 fully saturated rings. The maximum atomic E-state index is 13.0. The number of aromatic nitrogens is 3. The second-order valence-electron chi connectivity index (χ2n) is 7.97. The smallest absolute Gasteiger partial charge is 0.407 e. The molecule has 1 aromatic carbocycles. The lowest BCUT2D eigenvalue weighted by atomic mass is 10.0. The molecule has 0 saturated carbocycles. The zero-order chi connectivity index (χ0) is 23.1. The number of ether oxygens (including phenoxy) is 1. The molecule has 0 saturated heterocycles. The molecule has 168 valence electrons. The molecule has 1 amide bonds. The summed E-state index contributed by atoms with van der Waals surface area (Å²) in [6, 6.07) is 11.7. The van der Waals surface area contributed by atoms with Crippen LogP contribution >= 0.6 is 0 Å². The summed E-state index contributed by atoms with van der Waals surface area (Å²) in [5.74, 6) is -0.0249. The zero-order valence-corrected chi connectivity index (χ0v) is 17.9. The predicted octanol–water partition coefficient (Wildman–Crippen LogP) is 3.48. The van der Waals surface area contributed by atoms with Crippen LogP contribution in [0.5, 0.6) is 5.75 Å². The molecule has 4 heterocycles. The summed E-state index contributed by atoms with van der Waals surface area (Å²) >= 11 is 0. The summed E-state index contributed by atoms with van der Waals surface area (Å²) in [6.07, 6.45) is 2.50. The van der Waals surface area contributed by atoms with Gasteiger partial charge in [0.05, 0.1) is 29.6 Å². The number of carbonyl (C=O) groups is 1. The normalized spacial score (nSPS) is 13.2. The van der Waals surface area contributed by atoms with E-state index in [0.717, 1.165) is 28.4 Å². The molecular formula is C24H21FN4O4. The van der Waals surface area contributed by atoms with Gasteiger partial charge in [0, 0.05) is 36.9 Å². The summed E-state index contributed by atoms with van der Waals surface area (Å²) in [5.41, 5.74) is 4.07. The number of hydrogen-bond donors (Lipinski definition) is 1. The molecule has 3 aromatic heterocycles. The van der Waals surface area contributed by atoms with E-state index in [0.29, 0.717) is 36.6 Å². The van der Waals surface area contributed by atoms with Crippen LogP contribution in [0.3, 0.4) is 0 Å². The Morgan fingerprint density at radius 2 is 2.06 bits per heavy atom. The molecule has 0 atom stereocenters. The summed E-state index contributed by atoms with van der Waals surface area (Å²) in [6.45, 7) is 0.940. The number of nitrogens with zero attached hydrogens (tertiary/aromatic N) is 4. The molecule has 1 N–H and O–H groups in total. The Bertz CT molecular complexity index is 1430. The van der Waals surface area contributed by atoms with E-state index in [1.165, 1.54) is 27.7 Å². The van der Waals surface area contributed by atoms with Gasteiger partial charge in [-0.2, -0.15) is 0 Å². The molecular weight excluding hydrogens is 427 g/mol. The second-order valence-corrected chi connectivity index (χ2v) is 7.97. The first-order valence-corrected chi connectivity index (χ1v) is 10.4. The number of hydrogen-bond acceptors (Lipinski definition) is 4. The number of pyridine rings is 2. The van der Waals surface area contributed by atoms with Crippen molar-refractivity contribution in [3.8, 4) is 11.4 Å².